The summed E-state index contributed by atoms with van der Waals surface area (Å²) in [6.07, 6.45) is 6.01. The molecule has 134 valence electrons. The zero-order valence-corrected chi connectivity index (χ0v) is 17.0. The summed E-state index contributed by atoms with van der Waals surface area (Å²) in [4.78, 5) is 0. The van der Waals surface area contributed by atoms with E-state index in [1.807, 2.05) is 0 Å². The maximum atomic E-state index is 2.52. The monoisotopic (exact) mass is 342 g/mol. The van der Waals surface area contributed by atoms with Crippen LogP contribution in [0.3, 0.4) is 0 Å². The van der Waals surface area contributed by atoms with Crippen LogP contribution in [0.4, 0.5) is 0 Å². The molecule has 0 nitrogen and oxygen atoms in total. The molecule has 0 fully saturated rings. The van der Waals surface area contributed by atoms with Crippen LogP contribution in [0.15, 0.2) is 65.8 Å². The fourth-order valence-corrected chi connectivity index (χ4v) is 4.87. The third-order valence-electron chi connectivity index (χ3n) is 6.41. The molecule has 2 aromatic rings. The van der Waals surface area contributed by atoms with Gasteiger partial charge in [-0.15, -0.1) is 0 Å². The van der Waals surface area contributed by atoms with E-state index in [1.54, 1.807) is 0 Å². The van der Waals surface area contributed by atoms with Crippen LogP contribution in [0.2, 0.25) is 0 Å². The molecule has 0 radical (unpaired) electrons. The molecule has 0 heterocycles. The average molecular weight is 343 g/mol. The molecule has 0 saturated carbocycles. The molecule has 26 heavy (non-hydrogen) atoms. The minimum Gasteiger partial charge on any atom is -0.0727 e. The van der Waals surface area contributed by atoms with Gasteiger partial charge < -0.3 is 0 Å². The summed E-state index contributed by atoms with van der Waals surface area (Å²) < 4.78 is 0. The van der Waals surface area contributed by atoms with E-state index < -0.39 is 0 Å². The summed E-state index contributed by atoms with van der Waals surface area (Å²) in [5.74, 6) is 0.465. The molecule has 0 aromatic heterocycles. The third-order valence-corrected chi connectivity index (χ3v) is 6.41. The minimum absolute atomic E-state index is 0.0843. The smallest absolute Gasteiger partial charge is 0.00750 e. The van der Waals surface area contributed by atoms with Gasteiger partial charge in [0.1, 0.15) is 0 Å². The minimum atomic E-state index is 0.0843. The first kappa shape index (κ1) is 17.3. The molecule has 0 aliphatic heterocycles. The van der Waals surface area contributed by atoms with Crippen LogP contribution in [0.25, 0.3) is 11.1 Å². The Balaban J connectivity index is 1.80. The quantitative estimate of drug-likeness (QED) is 0.466. The summed E-state index contributed by atoms with van der Waals surface area (Å²) in [7, 11) is 0. The van der Waals surface area contributed by atoms with Crippen molar-refractivity contribution < 1.29 is 0 Å². The molecule has 0 bridgehead atoms. The molecule has 0 N–H and O–H groups in total. The van der Waals surface area contributed by atoms with Crippen LogP contribution in [0.5, 0.6) is 0 Å². The second-order valence-corrected chi connectivity index (χ2v) is 9.63. The van der Waals surface area contributed by atoms with Gasteiger partial charge in [-0.3, -0.25) is 0 Å². The third kappa shape index (κ3) is 2.58. The Morgan fingerprint density at radius 3 is 2.23 bits per heavy atom. The summed E-state index contributed by atoms with van der Waals surface area (Å²) in [5, 5.41) is 0. The maximum absolute atomic E-state index is 2.52. The summed E-state index contributed by atoms with van der Waals surface area (Å²) in [6.45, 7) is 14.1. The van der Waals surface area contributed by atoms with E-state index in [1.165, 1.54) is 39.0 Å². The van der Waals surface area contributed by atoms with Crippen LogP contribution in [-0.4, -0.2) is 0 Å². The van der Waals surface area contributed by atoms with Crippen LogP contribution in [0, 0.1) is 11.3 Å². The molecule has 0 spiro atoms. The van der Waals surface area contributed by atoms with Gasteiger partial charge in [-0.05, 0) is 57.6 Å². The summed E-state index contributed by atoms with van der Waals surface area (Å²) in [5.41, 5.74) is 10.6. The Morgan fingerprint density at radius 1 is 0.846 bits per heavy atom. The number of hydrogen-bond acceptors (Lipinski definition) is 0. The lowest BCUT2D eigenvalue weighted by Crippen LogP contribution is -2.28. The second-order valence-electron chi connectivity index (χ2n) is 9.63. The van der Waals surface area contributed by atoms with Crippen LogP contribution in [0.1, 0.15) is 58.2 Å². The zero-order valence-electron chi connectivity index (χ0n) is 17.0. The van der Waals surface area contributed by atoms with E-state index >= 15 is 0 Å². The number of hydrogen-bond donors (Lipinski definition) is 0. The summed E-state index contributed by atoms with van der Waals surface area (Å²) >= 11 is 0. The molecule has 2 aliphatic carbocycles. The molecule has 1 unspecified atom stereocenters. The first-order valence-electron chi connectivity index (χ1n) is 9.81. The normalized spacial score (nSPS) is 19.1. The Kier molecular flexibility index (Phi) is 3.81. The van der Waals surface area contributed by atoms with Crippen molar-refractivity contribution in [1.82, 2.24) is 0 Å². The van der Waals surface area contributed by atoms with Gasteiger partial charge in [0.05, 0.1) is 0 Å². The highest BCUT2D eigenvalue weighted by molar-refractivity contribution is 5.78. The maximum Gasteiger partial charge on any atom is 0.00750 e. The lowest BCUT2D eigenvalue weighted by Gasteiger charge is -2.34. The predicted octanol–water partition coefficient (Wildman–Crippen LogP) is 7.08. The average Bonchev–Trinajstić information content (AvgIpc) is 3.15. The molecule has 1 atom stereocenters. The van der Waals surface area contributed by atoms with Crippen LogP contribution < -0.4 is 0 Å². The Labute approximate surface area is 158 Å². The number of allylic oxidation sites excluding steroid dienone is 4. The fourth-order valence-electron chi connectivity index (χ4n) is 4.87. The van der Waals surface area contributed by atoms with Crippen molar-refractivity contribution in [3.8, 4) is 11.1 Å². The van der Waals surface area contributed by atoms with Crippen molar-refractivity contribution in [3.63, 3.8) is 0 Å². The van der Waals surface area contributed by atoms with Crippen LogP contribution in [-0.2, 0) is 11.8 Å². The molecular weight excluding hydrogens is 312 g/mol. The highest BCUT2D eigenvalue weighted by Crippen LogP contribution is 2.48. The lowest BCUT2D eigenvalue weighted by atomic mass is 9.69. The van der Waals surface area contributed by atoms with E-state index in [2.05, 4.69) is 96.2 Å². The van der Waals surface area contributed by atoms with Crippen molar-refractivity contribution in [1.29, 1.82) is 0 Å². The standard InChI is InChI=1S/C26H30/c1-17-14-19(25(2,3)4)16-24(17)26(5,6)23-13-9-12-21-20-11-8-7-10-18(20)15-22(21)23/h7-14,16,24H,15H2,1-6H3. The molecule has 0 saturated heterocycles. The number of fused-ring (bicyclic) bond motifs is 3. The van der Waals surface area contributed by atoms with Gasteiger partial charge in [0.15, 0.2) is 0 Å². The Hall–Kier alpha value is -2.08. The van der Waals surface area contributed by atoms with Gasteiger partial charge in [-0.25, -0.2) is 0 Å². The van der Waals surface area contributed by atoms with E-state index in [-0.39, 0.29) is 10.8 Å². The largest absolute Gasteiger partial charge is 0.0727 e. The van der Waals surface area contributed by atoms with E-state index in [9.17, 15) is 0 Å². The summed E-state index contributed by atoms with van der Waals surface area (Å²) in [6, 6.07) is 15.8. The topological polar surface area (TPSA) is 0 Å². The van der Waals surface area contributed by atoms with Crippen molar-refractivity contribution >= 4 is 0 Å². The first-order valence-corrected chi connectivity index (χ1v) is 9.81. The van der Waals surface area contributed by atoms with E-state index in [0.29, 0.717) is 5.92 Å². The van der Waals surface area contributed by atoms with Crippen molar-refractivity contribution in [2.24, 2.45) is 11.3 Å². The second kappa shape index (κ2) is 5.71. The molecule has 0 amide bonds. The number of rotatable bonds is 2. The lowest BCUT2D eigenvalue weighted by molar-refractivity contribution is 0.425. The van der Waals surface area contributed by atoms with Gasteiger partial charge in [0, 0.05) is 5.92 Å². The molecule has 2 aliphatic rings. The van der Waals surface area contributed by atoms with Crippen molar-refractivity contribution in [3.05, 3.63) is 82.5 Å². The van der Waals surface area contributed by atoms with Crippen LogP contribution >= 0.6 is 0 Å². The van der Waals surface area contributed by atoms with Gasteiger partial charge in [-0.2, -0.15) is 0 Å². The van der Waals surface area contributed by atoms with Gasteiger partial charge in [-0.1, -0.05) is 94.8 Å². The highest BCUT2D eigenvalue weighted by atomic mass is 14.4. The van der Waals surface area contributed by atoms with Gasteiger partial charge in [0.25, 0.3) is 0 Å². The number of benzene rings is 2. The molecule has 0 heteroatoms. The van der Waals surface area contributed by atoms with Gasteiger partial charge in [0.2, 0.25) is 0 Å². The SMILES string of the molecule is CC1=CC(C(C)(C)C)=CC1C(C)(C)c1cccc2c1Cc1ccccc1-2. The van der Waals surface area contributed by atoms with E-state index in [0.717, 1.165) is 6.42 Å². The Bertz CT molecular complexity index is 929. The predicted molar refractivity (Wildman–Crippen MR) is 112 cm³/mol. The molecular formula is C26H30. The van der Waals surface area contributed by atoms with Crippen molar-refractivity contribution in [2.45, 2.75) is 53.4 Å². The molecule has 4 rings (SSSR count). The van der Waals surface area contributed by atoms with Crippen molar-refractivity contribution in [2.75, 3.05) is 0 Å². The Morgan fingerprint density at radius 2 is 1.54 bits per heavy atom. The fraction of sp³-hybridized carbons (Fsp3) is 0.385. The molecule has 2 aromatic carbocycles. The first-order chi connectivity index (χ1) is 12.2. The van der Waals surface area contributed by atoms with E-state index in [4.69, 9.17) is 0 Å². The highest BCUT2D eigenvalue weighted by Gasteiger charge is 2.38. The zero-order chi connectivity index (χ0) is 18.7. The van der Waals surface area contributed by atoms with Gasteiger partial charge >= 0.3 is 0 Å².